The molecule has 0 spiro atoms. The second kappa shape index (κ2) is 6.74. The van der Waals surface area contributed by atoms with E-state index in [2.05, 4.69) is 9.98 Å². The van der Waals surface area contributed by atoms with E-state index in [-0.39, 0.29) is 5.91 Å². The van der Waals surface area contributed by atoms with Gasteiger partial charge in [0.1, 0.15) is 0 Å². The lowest BCUT2D eigenvalue weighted by Crippen LogP contribution is -2.23. The van der Waals surface area contributed by atoms with E-state index in [9.17, 15) is 4.79 Å². The molecule has 7 heteroatoms. The predicted molar refractivity (Wildman–Crippen MR) is 96.1 cm³/mol. The minimum Gasteiger partial charge on any atom is -0.290 e. The number of carbonyl (C=O) groups excluding carboxylic acids is 1. The van der Waals surface area contributed by atoms with Crippen LogP contribution in [0.15, 0.2) is 52.6 Å². The first-order chi connectivity index (χ1) is 11.1. The summed E-state index contributed by atoms with van der Waals surface area (Å²) in [5.74, 6) is -0.145. The lowest BCUT2D eigenvalue weighted by molar-refractivity contribution is -0.121. The van der Waals surface area contributed by atoms with Gasteiger partial charge in [0.15, 0.2) is 5.17 Å². The highest BCUT2D eigenvalue weighted by atomic mass is 35.5. The normalized spacial score (nSPS) is 18.2. The molecule has 0 saturated carbocycles. The van der Waals surface area contributed by atoms with E-state index < -0.39 is 0 Å². The maximum absolute atomic E-state index is 12.4. The zero-order valence-corrected chi connectivity index (χ0v) is 14.4. The number of hydrogen-bond donors (Lipinski definition) is 0. The van der Waals surface area contributed by atoms with E-state index in [1.54, 1.807) is 49.8 Å². The SMILES string of the molecule is CN1C(=O)/C(=C/c2c(Cl)cccc2Cl)SC1=Nc1cccnc1. The fourth-order valence-corrected chi connectivity index (χ4v) is 3.44. The molecule has 0 radical (unpaired) electrons. The van der Waals surface area contributed by atoms with Gasteiger partial charge in [-0.05, 0) is 42.1 Å². The number of aromatic nitrogens is 1. The number of aliphatic imine (C=N–C) groups is 1. The monoisotopic (exact) mass is 363 g/mol. The van der Waals surface area contributed by atoms with Crippen LogP contribution < -0.4 is 0 Å². The van der Waals surface area contributed by atoms with E-state index in [1.807, 2.05) is 6.07 Å². The molecule has 0 atom stereocenters. The van der Waals surface area contributed by atoms with Crippen molar-refractivity contribution in [2.24, 2.45) is 4.99 Å². The van der Waals surface area contributed by atoms with Crippen LogP contribution in [0, 0.1) is 0 Å². The van der Waals surface area contributed by atoms with Crippen LogP contribution in [0.25, 0.3) is 6.08 Å². The molecule has 1 saturated heterocycles. The second-order valence-corrected chi connectivity index (χ2v) is 6.54. The number of benzene rings is 1. The molecule has 0 N–H and O–H groups in total. The minimum absolute atomic E-state index is 0.145. The summed E-state index contributed by atoms with van der Waals surface area (Å²) < 4.78 is 0. The number of pyridine rings is 1. The van der Waals surface area contributed by atoms with Crippen molar-refractivity contribution >= 4 is 57.8 Å². The molecule has 2 aromatic rings. The van der Waals surface area contributed by atoms with Gasteiger partial charge in [-0.1, -0.05) is 29.3 Å². The molecule has 1 fully saturated rings. The molecule has 0 unspecified atom stereocenters. The van der Waals surface area contributed by atoms with Gasteiger partial charge >= 0.3 is 0 Å². The van der Waals surface area contributed by atoms with Crippen molar-refractivity contribution in [2.45, 2.75) is 0 Å². The number of thioether (sulfide) groups is 1. The summed E-state index contributed by atoms with van der Waals surface area (Å²) in [7, 11) is 1.68. The van der Waals surface area contributed by atoms with Gasteiger partial charge in [-0.3, -0.25) is 14.7 Å². The van der Waals surface area contributed by atoms with Crippen molar-refractivity contribution in [1.29, 1.82) is 0 Å². The quantitative estimate of drug-likeness (QED) is 0.731. The summed E-state index contributed by atoms with van der Waals surface area (Å²) in [6.45, 7) is 0. The molecular weight excluding hydrogens is 353 g/mol. The van der Waals surface area contributed by atoms with Gasteiger partial charge in [0.25, 0.3) is 5.91 Å². The number of rotatable bonds is 2. The van der Waals surface area contributed by atoms with E-state index in [0.717, 1.165) is 0 Å². The molecule has 3 rings (SSSR count). The number of carbonyl (C=O) groups is 1. The Morgan fingerprint density at radius 3 is 2.61 bits per heavy atom. The number of halogens is 2. The summed E-state index contributed by atoms with van der Waals surface area (Å²) in [6, 6.07) is 8.85. The third-order valence-electron chi connectivity index (χ3n) is 3.15. The average molecular weight is 364 g/mol. The van der Waals surface area contributed by atoms with Crippen LogP contribution in [0.4, 0.5) is 5.69 Å². The molecule has 1 aliphatic rings. The Kier molecular flexibility index (Phi) is 4.71. The Balaban J connectivity index is 1.96. The van der Waals surface area contributed by atoms with Crippen molar-refractivity contribution in [3.05, 3.63) is 63.2 Å². The summed E-state index contributed by atoms with van der Waals surface area (Å²) in [4.78, 5) is 22.9. The van der Waals surface area contributed by atoms with Gasteiger partial charge in [-0.25, -0.2) is 4.99 Å². The number of nitrogens with zero attached hydrogens (tertiary/aromatic N) is 3. The van der Waals surface area contributed by atoms with Gasteiger partial charge in [0.05, 0.1) is 16.8 Å². The maximum Gasteiger partial charge on any atom is 0.266 e. The van der Waals surface area contributed by atoms with E-state index in [4.69, 9.17) is 23.2 Å². The molecule has 1 amide bonds. The molecule has 23 heavy (non-hydrogen) atoms. The van der Waals surface area contributed by atoms with Gasteiger partial charge in [0.2, 0.25) is 0 Å². The van der Waals surface area contributed by atoms with Crippen LogP contribution in [0.1, 0.15) is 5.56 Å². The maximum atomic E-state index is 12.4. The largest absolute Gasteiger partial charge is 0.290 e. The number of amidine groups is 1. The fraction of sp³-hybridized carbons (Fsp3) is 0.0625. The summed E-state index contributed by atoms with van der Waals surface area (Å²) >= 11 is 13.6. The zero-order chi connectivity index (χ0) is 16.4. The predicted octanol–water partition coefficient (Wildman–Crippen LogP) is 4.62. The Bertz CT molecular complexity index is 801. The van der Waals surface area contributed by atoms with E-state index >= 15 is 0 Å². The third-order valence-corrected chi connectivity index (χ3v) is 4.87. The minimum atomic E-state index is -0.145. The fourth-order valence-electron chi connectivity index (χ4n) is 1.96. The molecule has 1 aromatic heterocycles. The van der Waals surface area contributed by atoms with E-state index in [1.165, 1.54) is 16.7 Å². The van der Waals surface area contributed by atoms with Crippen LogP contribution in [-0.4, -0.2) is 28.0 Å². The van der Waals surface area contributed by atoms with Crippen molar-refractivity contribution < 1.29 is 4.79 Å². The molecule has 4 nitrogen and oxygen atoms in total. The molecule has 116 valence electrons. The average Bonchev–Trinajstić information content (AvgIpc) is 2.80. The van der Waals surface area contributed by atoms with Gasteiger partial charge in [0, 0.05) is 28.9 Å². The van der Waals surface area contributed by atoms with Crippen molar-refractivity contribution in [1.82, 2.24) is 9.88 Å². The summed E-state index contributed by atoms with van der Waals surface area (Å²) in [5.41, 5.74) is 1.31. The molecule has 0 bridgehead atoms. The van der Waals surface area contributed by atoms with Crippen molar-refractivity contribution in [2.75, 3.05) is 7.05 Å². The van der Waals surface area contributed by atoms with Crippen LogP contribution in [0.5, 0.6) is 0 Å². The molecule has 2 heterocycles. The highest BCUT2D eigenvalue weighted by Crippen LogP contribution is 2.35. The van der Waals surface area contributed by atoms with Crippen LogP contribution in [-0.2, 0) is 4.79 Å². The van der Waals surface area contributed by atoms with Gasteiger partial charge in [-0.15, -0.1) is 0 Å². The molecule has 1 aromatic carbocycles. The van der Waals surface area contributed by atoms with Gasteiger partial charge < -0.3 is 0 Å². The highest BCUT2D eigenvalue weighted by molar-refractivity contribution is 8.18. The molecule has 0 aliphatic carbocycles. The lowest BCUT2D eigenvalue weighted by Gasteiger charge is -2.06. The number of amides is 1. The van der Waals surface area contributed by atoms with E-state index in [0.29, 0.717) is 31.4 Å². The smallest absolute Gasteiger partial charge is 0.266 e. The van der Waals surface area contributed by atoms with Crippen LogP contribution in [0.2, 0.25) is 10.0 Å². The first kappa shape index (κ1) is 16.1. The Labute approximate surface area is 147 Å². The van der Waals surface area contributed by atoms with Gasteiger partial charge in [-0.2, -0.15) is 0 Å². The van der Waals surface area contributed by atoms with Crippen LogP contribution >= 0.6 is 35.0 Å². The first-order valence-electron chi connectivity index (χ1n) is 6.66. The second-order valence-electron chi connectivity index (χ2n) is 4.72. The summed E-state index contributed by atoms with van der Waals surface area (Å²) in [6.07, 6.45) is 5.00. The summed E-state index contributed by atoms with van der Waals surface area (Å²) in [5, 5.41) is 1.58. The third kappa shape index (κ3) is 3.42. The number of hydrogen-bond acceptors (Lipinski definition) is 4. The Morgan fingerprint density at radius 1 is 1.22 bits per heavy atom. The standard InChI is InChI=1S/C16H11Cl2N3OS/c1-21-15(22)14(8-11-12(17)5-2-6-13(11)18)23-16(21)20-10-4-3-7-19-9-10/h2-9H,1H3/b14-8-,20-16?. The first-order valence-corrected chi connectivity index (χ1v) is 8.24. The van der Waals surface area contributed by atoms with Crippen molar-refractivity contribution in [3.63, 3.8) is 0 Å². The van der Waals surface area contributed by atoms with Crippen molar-refractivity contribution in [3.8, 4) is 0 Å². The molecule has 1 aliphatic heterocycles. The highest BCUT2D eigenvalue weighted by Gasteiger charge is 2.30. The Hall–Kier alpha value is -1.82. The molecular formula is C16H11Cl2N3OS. The lowest BCUT2D eigenvalue weighted by atomic mass is 10.2. The van der Waals surface area contributed by atoms with Crippen LogP contribution in [0.3, 0.4) is 0 Å². The Morgan fingerprint density at radius 2 is 1.96 bits per heavy atom. The zero-order valence-electron chi connectivity index (χ0n) is 12.0. The number of likely N-dealkylation sites (N-methyl/N-ethyl adjacent to an activating group) is 1. The topological polar surface area (TPSA) is 45.6 Å².